The van der Waals surface area contributed by atoms with E-state index in [0.29, 0.717) is 35.0 Å². The third-order valence-corrected chi connectivity index (χ3v) is 4.74. The Kier molecular flexibility index (Phi) is 6.03. The predicted molar refractivity (Wildman–Crippen MR) is 115 cm³/mol. The highest BCUT2D eigenvalue weighted by atomic mass is 16.7. The molecule has 0 aliphatic carbocycles. The lowest BCUT2D eigenvalue weighted by atomic mass is 10.1. The largest absolute Gasteiger partial charge is 0.480 e. The Bertz CT molecular complexity index is 1080. The van der Waals surface area contributed by atoms with E-state index in [0.717, 1.165) is 5.56 Å². The first kappa shape index (κ1) is 20.3. The first-order chi connectivity index (χ1) is 15.1. The third-order valence-electron chi connectivity index (χ3n) is 4.74. The van der Waals surface area contributed by atoms with E-state index in [2.05, 4.69) is 10.6 Å². The monoisotopic (exact) mass is 418 g/mol. The molecule has 3 aromatic carbocycles. The second-order valence-corrected chi connectivity index (χ2v) is 6.98. The number of hydrogen-bond acceptors (Lipinski definition) is 5. The summed E-state index contributed by atoms with van der Waals surface area (Å²) in [5.74, 6) is 1.08. The first-order valence-electron chi connectivity index (χ1n) is 9.88. The van der Waals surface area contributed by atoms with E-state index in [1.165, 1.54) is 0 Å². The molecule has 7 nitrogen and oxygen atoms in total. The highest BCUT2D eigenvalue weighted by Gasteiger charge is 2.19. The van der Waals surface area contributed by atoms with Gasteiger partial charge in [0, 0.05) is 12.2 Å². The van der Waals surface area contributed by atoms with Crippen molar-refractivity contribution in [1.29, 1.82) is 0 Å². The van der Waals surface area contributed by atoms with Crippen molar-refractivity contribution in [2.24, 2.45) is 0 Å². The Labute approximate surface area is 179 Å². The van der Waals surface area contributed by atoms with Gasteiger partial charge < -0.3 is 24.8 Å². The van der Waals surface area contributed by atoms with Crippen LogP contribution in [-0.4, -0.2) is 24.7 Å². The van der Waals surface area contributed by atoms with Crippen LogP contribution in [0.1, 0.15) is 22.8 Å². The molecule has 1 aliphatic heterocycles. The lowest BCUT2D eigenvalue weighted by molar-refractivity contribution is -0.127. The van der Waals surface area contributed by atoms with Crippen LogP contribution >= 0.6 is 0 Å². The number of rotatable bonds is 7. The molecule has 1 aliphatic rings. The molecule has 2 N–H and O–H groups in total. The number of nitrogens with one attached hydrogen (secondary N) is 2. The van der Waals surface area contributed by atoms with E-state index < -0.39 is 6.10 Å². The Morgan fingerprint density at radius 3 is 2.55 bits per heavy atom. The number of carbonyl (C=O) groups is 2. The van der Waals surface area contributed by atoms with E-state index in [4.69, 9.17) is 14.2 Å². The van der Waals surface area contributed by atoms with Gasteiger partial charge in [0.2, 0.25) is 6.79 Å². The summed E-state index contributed by atoms with van der Waals surface area (Å²) in [5.41, 5.74) is 1.91. The molecule has 3 aromatic rings. The van der Waals surface area contributed by atoms with E-state index in [1.54, 1.807) is 43.3 Å². The number of ether oxygens (including phenoxy) is 3. The number of anilines is 1. The molecule has 0 fully saturated rings. The fourth-order valence-electron chi connectivity index (χ4n) is 3.10. The Morgan fingerprint density at radius 1 is 0.968 bits per heavy atom. The predicted octanol–water partition coefficient (Wildman–Crippen LogP) is 3.75. The average molecular weight is 418 g/mol. The van der Waals surface area contributed by atoms with Crippen molar-refractivity contribution in [2.45, 2.75) is 19.6 Å². The minimum Gasteiger partial charge on any atom is -0.480 e. The minimum absolute atomic E-state index is 0.202. The Balaban J connectivity index is 1.37. The van der Waals surface area contributed by atoms with Crippen molar-refractivity contribution in [1.82, 2.24) is 5.32 Å². The zero-order valence-corrected chi connectivity index (χ0v) is 17.0. The van der Waals surface area contributed by atoms with Crippen molar-refractivity contribution in [3.8, 4) is 17.2 Å². The zero-order chi connectivity index (χ0) is 21.6. The second-order valence-electron chi connectivity index (χ2n) is 6.98. The molecule has 4 rings (SSSR count). The maximum Gasteiger partial charge on any atom is 0.261 e. The molecule has 158 valence electrons. The zero-order valence-electron chi connectivity index (χ0n) is 17.0. The maximum absolute atomic E-state index is 12.7. The van der Waals surface area contributed by atoms with Gasteiger partial charge in [0.1, 0.15) is 5.75 Å². The molecule has 0 saturated heterocycles. The van der Waals surface area contributed by atoms with Crippen molar-refractivity contribution in [2.75, 3.05) is 12.1 Å². The van der Waals surface area contributed by atoms with E-state index in [-0.39, 0.29) is 18.6 Å². The Hall–Kier alpha value is -4.00. The fraction of sp³-hybridized carbons (Fsp3) is 0.167. The summed E-state index contributed by atoms with van der Waals surface area (Å²) in [5, 5.41) is 5.66. The summed E-state index contributed by atoms with van der Waals surface area (Å²) in [7, 11) is 0. The molecule has 0 spiro atoms. The molecule has 2 amide bonds. The van der Waals surface area contributed by atoms with Gasteiger partial charge in [0.05, 0.1) is 5.56 Å². The SMILES string of the molecule is C[C@H](Oc1ccccc1C(=O)Nc1ccccc1)C(=O)NCc1ccc2c(c1)OCO2. The van der Waals surface area contributed by atoms with Crippen LogP contribution in [0, 0.1) is 0 Å². The van der Waals surface area contributed by atoms with Crippen LogP contribution in [-0.2, 0) is 11.3 Å². The number of para-hydroxylation sites is 2. The first-order valence-corrected chi connectivity index (χ1v) is 9.88. The van der Waals surface area contributed by atoms with E-state index >= 15 is 0 Å². The highest BCUT2D eigenvalue weighted by Crippen LogP contribution is 2.32. The fourth-order valence-corrected chi connectivity index (χ4v) is 3.10. The second kappa shape index (κ2) is 9.21. The molecule has 0 radical (unpaired) electrons. The molecular formula is C24H22N2O5. The number of fused-ring (bicyclic) bond motifs is 1. The van der Waals surface area contributed by atoms with Crippen LogP contribution < -0.4 is 24.8 Å². The summed E-state index contributed by atoms with van der Waals surface area (Å²) in [6.45, 7) is 2.16. The summed E-state index contributed by atoms with van der Waals surface area (Å²) >= 11 is 0. The molecule has 7 heteroatoms. The molecule has 1 atom stereocenters. The van der Waals surface area contributed by atoms with Crippen molar-refractivity contribution < 1.29 is 23.8 Å². The van der Waals surface area contributed by atoms with Crippen molar-refractivity contribution in [3.63, 3.8) is 0 Å². The quantitative estimate of drug-likeness (QED) is 0.610. The van der Waals surface area contributed by atoms with Gasteiger partial charge in [-0.3, -0.25) is 9.59 Å². The molecule has 1 heterocycles. The van der Waals surface area contributed by atoms with Gasteiger partial charge in [0.25, 0.3) is 11.8 Å². The van der Waals surface area contributed by atoms with E-state index in [9.17, 15) is 9.59 Å². The normalized spacial score (nSPS) is 12.7. The van der Waals surface area contributed by atoms with Crippen LogP contribution in [0.3, 0.4) is 0 Å². The van der Waals surface area contributed by atoms with Crippen LogP contribution in [0.25, 0.3) is 0 Å². The summed E-state index contributed by atoms with van der Waals surface area (Å²) in [6.07, 6.45) is -0.792. The standard InChI is InChI=1S/C24H22N2O5/c1-16(23(27)25-14-17-11-12-21-22(13-17)30-15-29-21)31-20-10-6-5-9-19(20)24(28)26-18-7-3-2-4-8-18/h2-13,16H,14-15H2,1H3,(H,25,27)(H,26,28)/t16-/m0/s1. The van der Waals surface area contributed by atoms with Gasteiger partial charge in [-0.25, -0.2) is 0 Å². The smallest absolute Gasteiger partial charge is 0.261 e. The van der Waals surface area contributed by atoms with Gasteiger partial charge in [-0.15, -0.1) is 0 Å². The van der Waals surface area contributed by atoms with Gasteiger partial charge in [-0.05, 0) is 48.9 Å². The minimum atomic E-state index is -0.792. The van der Waals surface area contributed by atoms with Crippen molar-refractivity contribution in [3.05, 3.63) is 83.9 Å². The number of amides is 2. The Morgan fingerprint density at radius 2 is 1.71 bits per heavy atom. The van der Waals surface area contributed by atoms with Gasteiger partial charge in [-0.2, -0.15) is 0 Å². The summed E-state index contributed by atoms with van der Waals surface area (Å²) < 4.78 is 16.5. The lowest BCUT2D eigenvalue weighted by Gasteiger charge is -2.17. The number of hydrogen-bond donors (Lipinski definition) is 2. The third kappa shape index (κ3) is 4.95. The lowest BCUT2D eigenvalue weighted by Crippen LogP contribution is -2.36. The van der Waals surface area contributed by atoms with Crippen LogP contribution in [0.2, 0.25) is 0 Å². The van der Waals surface area contributed by atoms with Gasteiger partial charge in [-0.1, -0.05) is 36.4 Å². The molecule has 0 aromatic heterocycles. The maximum atomic E-state index is 12.7. The number of benzene rings is 3. The summed E-state index contributed by atoms with van der Waals surface area (Å²) in [6, 6.07) is 21.5. The van der Waals surface area contributed by atoms with Gasteiger partial charge in [0.15, 0.2) is 17.6 Å². The molecular weight excluding hydrogens is 396 g/mol. The highest BCUT2D eigenvalue weighted by molar-refractivity contribution is 6.06. The molecule has 0 bridgehead atoms. The topological polar surface area (TPSA) is 85.9 Å². The van der Waals surface area contributed by atoms with Crippen LogP contribution in [0.5, 0.6) is 17.2 Å². The van der Waals surface area contributed by atoms with Crippen LogP contribution in [0.4, 0.5) is 5.69 Å². The van der Waals surface area contributed by atoms with Crippen molar-refractivity contribution >= 4 is 17.5 Å². The molecule has 0 saturated carbocycles. The average Bonchev–Trinajstić information content (AvgIpc) is 3.26. The molecule has 0 unspecified atom stereocenters. The van der Waals surface area contributed by atoms with Gasteiger partial charge >= 0.3 is 0 Å². The number of carbonyl (C=O) groups excluding carboxylic acids is 2. The van der Waals surface area contributed by atoms with E-state index in [1.807, 2.05) is 36.4 Å². The van der Waals surface area contributed by atoms with Crippen LogP contribution in [0.15, 0.2) is 72.8 Å². The molecule has 31 heavy (non-hydrogen) atoms. The summed E-state index contributed by atoms with van der Waals surface area (Å²) in [4.78, 5) is 25.2.